The lowest BCUT2D eigenvalue weighted by Gasteiger charge is -2.07. The fraction of sp³-hybridized carbons (Fsp3) is 0.267. The molecule has 0 saturated heterocycles. The van der Waals surface area contributed by atoms with Crippen molar-refractivity contribution < 1.29 is 14.3 Å². The quantitative estimate of drug-likeness (QED) is 0.603. The third-order valence-corrected chi connectivity index (χ3v) is 3.78. The number of nitrogens with zero attached hydrogens (tertiary/aromatic N) is 4. The molecule has 2 heterocycles. The lowest BCUT2D eigenvalue weighted by Crippen LogP contribution is -2.32. The summed E-state index contributed by atoms with van der Waals surface area (Å²) >= 11 is 1.18. The molecule has 0 aliphatic carbocycles. The highest BCUT2D eigenvalue weighted by molar-refractivity contribution is 7.99. The number of pyridine rings is 1. The van der Waals surface area contributed by atoms with Gasteiger partial charge in [-0.15, -0.1) is 16.8 Å². The average Bonchev–Trinajstić information content (AvgIpc) is 2.97. The van der Waals surface area contributed by atoms with Gasteiger partial charge in [0.15, 0.2) is 11.0 Å². The molecule has 0 aliphatic rings. The van der Waals surface area contributed by atoms with Crippen LogP contribution in [0.2, 0.25) is 0 Å². The molecule has 2 aromatic rings. The summed E-state index contributed by atoms with van der Waals surface area (Å²) in [4.78, 5) is 26.9. The van der Waals surface area contributed by atoms with Gasteiger partial charge in [-0.05, 0) is 19.1 Å². The molecule has 1 N–H and O–H groups in total. The minimum atomic E-state index is -0.756. The van der Waals surface area contributed by atoms with E-state index in [4.69, 9.17) is 0 Å². The zero-order chi connectivity index (χ0) is 17.4. The Kier molecular flexibility index (Phi) is 6.50. The number of hydrogen-bond acceptors (Lipinski definition) is 7. The van der Waals surface area contributed by atoms with E-state index in [1.165, 1.54) is 11.8 Å². The second-order valence-electron chi connectivity index (χ2n) is 4.50. The highest BCUT2D eigenvalue weighted by Gasteiger charge is 2.16. The van der Waals surface area contributed by atoms with Gasteiger partial charge in [0, 0.05) is 24.5 Å². The predicted molar refractivity (Wildman–Crippen MR) is 89.3 cm³/mol. The summed E-state index contributed by atoms with van der Waals surface area (Å²) in [6.45, 7) is 6.09. The van der Waals surface area contributed by atoms with Crippen LogP contribution in [0.1, 0.15) is 6.92 Å². The van der Waals surface area contributed by atoms with E-state index in [9.17, 15) is 9.59 Å². The summed E-state index contributed by atoms with van der Waals surface area (Å²) in [5.74, 6) is 0.215. The molecule has 0 saturated carbocycles. The van der Waals surface area contributed by atoms with E-state index < -0.39 is 12.0 Å². The summed E-state index contributed by atoms with van der Waals surface area (Å²) in [5.41, 5.74) is 0.863. The first kappa shape index (κ1) is 17.7. The van der Waals surface area contributed by atoms with Gasteiger partial charge in [-0.3, -0.25) is 19.7 Å². The fourth-order valence-electron chi connectivity index (χ4n) is 1.85. The van der Waals surface area contributed by atoms with Crippen LogP contribution in [0.4, 0.5) is 4.79 Å². The second-order valence-corrected chi connectivity index (χ2v) is 5.44. The number of carbonyl (C=O) groups is 2. The maximum Gasteiger partial charge on any atom is 0.413 e. The Labute approximate surface area is 143 Å². The lowest BCUT2D eigenvalue weighted by molar-refractivity contribution is -0.117. The topological polar surface area (TPSA) is 99.0 Å². The zero-order valence-electron chi connectivity index (χ0n) is 13.1. The molecule has 0 radical (unpaired) electrons. The monoisotopic (exact) mass is 347 g/mol. The normalized spacial score (nSPS) is 10.2. The van der Waals surface area contributed by atoms with Crippen LogP contribution in [-0.4, -0.2) is 44.1 Å². The molecule has 0 unspecified atom stereocenters. The summed E-state index contributed by atoms with van der Waals surface area (Å²) in [5, 5.41) is 11.0. The SMILES string of the molecule is C=CCn1c(SCC(=O)NC(=O)OCC)nnc1-c1ccncc1. The molecule has 2 aromatic heterocycles. The summed E-state index contributed by atoms with van der Waals surface area (Å²) in [7, 11) is 0. The Hall–Kier alpha value is -2.68. The number of allylic oxidation sites excluding steroid dienone is 1. The first-order chi connectivity index (χ1) is 11.7. The van der Waals surface area contributed by atoms with Gasteiger partial charge in [0.2, 0.25) is 5.91 Å². The van der Waals surface area contributed by atoms with Crippen LogP contribution in [-0.2, 0) is 16.1 Å². The molecule has 0 spiro atoms. The number of thioether (sulfide) groups is 1. The molecule has 126 valence electrons. The van der Waals surface area contributed by atoms with E-state index in [0.29, 0.717) is 17.5 Å². The van der Waals surface area contributed by atoms with E-state index in [2.05, 4.69) is 31.8 Å². The van der Waals surface area contributed by atoms with Crippen LogP contribution in [0.15, 0.2) is 42.3 Å². The van der Waals surface area contributed by atoms with Crippen molar-refractivity contribution in [1.82, 2.24) is 25.1 Å². The number of ether oxygens (including phenoxy) is 1. The molecule has 0 fully saturated rings. The van der Waals surface area contributed by atoms with Crippen molar-refractivity contribution in [2.75, 3.05) is 12.4 Å². The van der Waals surface area contributed by atoms with Crippen molar-refractivity contribution in [3.8, 4) is 11.4 Å². The Morgan fingerprint density at radius 3 is 2.79 bits per heavy atom. The van der Waals surface area contributed by atoms with Crippen molar-refractivity contribution in [3.63, 3.8) is 0 Å². The molecule has 0 atom stereocenters. The van der Waals surface area contributed by atoms with Gasteiger partial charge in [-0.2, -0.15) is 0 Å². The lowest BCUT2D eigenvalue weighted by atomic mass is 10.2. The van der Waals surface area contributed by atoms with Gasteiger partial charge < -0.3 is 4.74 Å². The molecule has 0 aromatic carbocycles. The third-order valence-electron chi connectivity index (χ3n) is 2.82. The van der Waals surface area contributed by atoms with Crippen molar-refractivity contribution in [3.05, 3.63) is 37.2 Å². The minimum Gasteiger partial charge on any atom is -0.450 e. The first-order valence-corrected chi connectivity index (χ1v) is 8.18. The molecule has 2 rings (SSSR count). The van der Waals surface area contributed by atoms with Gasteiger partial charge in [0.05, 0.1) is 12.4 Å². The average molecular weight is 347 g/mol. The number of amides is 2. The summed E-state index contributed by atoms with van der Waals surface area (Å²) in [6.07, 6.45) is 4.30. The van der Waals surface area contributed by atoms with Gasteiger partial charge in [0.1, 0.15) is 0 Å². The molecule has 2 amide bonds. The van der Waals surface area contributed by atoms with Gasteiger partial charge in [0.25, 0.3) is 0 Å². The highest BCUT2D eigenvalue weighted by atomic mass is 32.2. The minimum absolute atomic E-state index is 0.0183. The smallest absolute Gasteiger partial charge is 0.413 e. The number of alkyl carbamates (subject to hydrolysis) is 1. The number of aromatic nitrogens is 4. The number of rotatable bonds is 7. The molecule has 24 heavy (non-hydrogen) atoms. The largest absolute Gasteiger partial charge is 0.450 e. The van der Waals surface area contributed by atoms with Gasteiger partial charge >= 0.3 is 6.09 Å². The molecule has 0 bridgehead atoms. The third kappa shape index (κ3) is 4.66. The first-order valence-electron chi connectivity index (χ1n) is 7.19. The predicted octanol–water partition coefficient (Wildman–Crippen LogP) is 1.89. The molecular formula is C15H17N5O3S. The summed E-state index contributed by atoms with van der Waals surface area (Å²) < 4.78 is 6.49. The van der Waals surface area contributed by atoms with E-state index in [0.717, 1.165) is 5.56 Å². The number of imide groups is 1. The van der Waals surface area contributed by atoms with Crippen molar-refractivity contribution in [1.29, 1.82) is 0 Å². The highest BCUT2D eigenvalue weighted by Crippen LogP contribution is 2.23. The Bertz CT molecular complexity index is 717. The molecular weight excluding hydrogens is 330 g/mol. The Morgan fingerprint density at radius 2 is 2.12 bits per heavy atom. The maximum absolute atomic E-state index is 11.7. The van der Waals surface area contributed by atoms with Crippen LogP contribution in [0.3, 0.4) is 0 Å². The van der Waals surface area contributed by atoms with Crippen LogP contribution in [0.5, 0.6) is 0 Å². The van der Waals surface area contributed by atoms with E-state index in [-0.39, 0.29) is 12.4 Å². The van der Waals surface area contributed by atoms with Crippen LogP contribution >= 0.6 is 11.8 Å². The fourth-order valence-corrected chi connectivity index (χ4v) is 2.60. The van der Waals surface area contributed by atoms with Crippen LogP contribution in [0, 0.1) is 0 Å². The number of hydrogen-bond donors (Lipinski definition) is 1. The van der Waals surface area contributed by atoms with Crippen molar-refractivity contribution in [2.24, 2.45) is 0 Å². The van der Waals surface area contributed by atoms with E-state index in [1.807, 2.05) is 16.7 Å². The van der Waals surface area contributed by atoms with Crippen LogP contribution < -0.4 is 5.32 Å². The van der Waals surface area contributed by atoms with E-state index >= 15 is 0 Å². The number of carbonyl (C=O) groups excluding carboxylic acids is 2. The maximum atomic E-state index is 11.7. The summed E-state index contributed by atoms with van der Waals surface area (Å²) in [6, 6.07) is 3.65. The molecule has 8 nitrogen and oxygen atoms in total. The standard InChI is InChI=1S/C15H17N5O3S/c1-3-9-20-13(11-5-7-16-8-6-11)18-19-14(20)24-10-12(21)17-15(22)23-4-2/h3,5-8H,1,4,9-10H2,2H3,(H,17,21,22). The molecule has 0 aliphatic heterocycles. The Morgan fingerprint density at radius 1 is 1.38 bits per heavy atom. The van der Waals surface area contributed by atoms with Crippen molar-refractivity contribution >= 4 is 23.8 Å². The van der Waals surface area contributed by atoms with Gasteiger partial charge in [-0.25, -0.2) is 4.79 Å². The van der Waals surface area contributed by atoms with E-state index in [1.54, 1.807) is 25.4 Å². The Balaban J connectivity index is 2.08. The molecule has 9 heteroatoms. The van der Waals surface area contributed by atoms with Gasteiger partial charge in [-0.1, -0.05) is 17.8 Å². The van der Waals surface area contributed by atoms with Crippen molar-refractivity contribution in [2.45, 2.75) is 18.6 Å². The van der Waals surface area contributed by atoms with Crippen LogP contribution in [0.25, 0.3) is 11.4 Å². The second kappa shape index (κ2) is 8.82. The number of nitrogens with one attached hydrogen (secondary N) is 1. The zero-order valence-corrected chi connectivity index (χ0v) is 14.0.